The van der Waals surface area contributed by atoms with Gasteiger partial charge in [-0.25, -0.2) is 4.79 Å². The second-order valence-electron chi connectivity index (χ2n) is 5.25. The fraction of sp³-hybridized carbons (Fsp3) is 0.750. The highest BCUT2D eigenvalue weighted by atomic mass is 19.4. The van der Waals surface area contributed by atoms with Crippen LogP contribution in [-0.4, -0.2) is 52.9 Å². The maximum Gasteiger partial charge on any atom is 0.449 e. The molecule has 0 radical (unpaired) electrons. The number of hydrogen-bond donors (Lipinski definition) is 2. The van der Waals surface area contributed by atoms with Gasteiger partial charge in [-0.15, -0.1) is 0 Å². The average Bonchev–Trinajstić information content (AvgIpc) is 2.34. The van der Waals surface area contributed by atoms with E-state index in [0.29, 0.717) is 6.92 Å². The van der Waals surface area contributed by atoms with E-state index >= 15 is 0 Å². The highest BCUT2D eigenvalue weighted by molar-refractivity contribution is 5.86. The Kier molecular flexibility index (Phi) is 4.63. The van der Waals surface area contributed by atoms with Crippen molar-refractivity contribution in [3.8, 4) is 0 Å². The molecule has 1 saturated heterocycles. The fourth-order valence-corrected chi connectivity index (χ4v) is 1.84. The van der Waals surface area contributed by atoms with Gasteiger partial charge in [0.05, 0.1) is 19.1 Å². The van der Waals surface area contributed by atoms with Gasteiger partial charge in [0.2, 0.25) is 0 Å². The van der Waals surface area contributed by atoms with Crippen LogP contribution in [-0.2, 0) is 14.3 Å². The Balaban J connectivity index is 3.03. The standard InChI is InChI=1S/C12H15F5O5/c1-6(2)8(18)21-4-7-5-22-11(20,12(15,16)17)10(13,14)9(7,3)19/h7,19-20H,1,4-5H2,2-3H3. The lowest BCUT2D eigenvalue weighted by Crippen LogP contribution is -2.75. The van der Waals surface area contributed by atoms with E-state index in [1.165, 1.54) is 6.92 Å². The van der Waals surface area contributed by atoms with Crippen LogP contribution in [0.2, 0.25) is 0 Å². The number of carbonyl (C=O) groups excluding carboxylic acids is 1. The third kappa shape index (κ3) is 2.70. The van der Waals surface area contributed by atoms with Crippen LogP contribution >= 0.6 is 0 Å². The lowest BCUT2D eigenvalue weighted by atomic mass is 9.77. The van der Waals surface area contributed by atoms with Crippen LogP contribution in [0.3, 0.4) is 0 Å². The molecular weight excluding hydrogens is 319 g/mol. The van der Waals surface area contributed by atoms with E-state index in [4.69, 9.17) is 0 Å². The molecule has 10 heteroatoms. The minimum atomic E-state index is -5.83. The van der Waals surface area contributed by atoms with E-state index < -0.39 is 48.6 Å². The second-order valence-corrected chi connectivity index (χ2v) is 5.25. The summed E-state index contributed by atoms with van der Waals surface area (Å²) in [5.74, 6) is -12.6. The normalized spacial score (nSPS) is 35.0. The van der Waals surface area contributed by atoms with E-state index in [-0.39, 0.29) is 5.57 Å². The van der Waals surface area contributed by atoms with E-state index in [9.17, 15) is 37.0 Å². The van der Waals surface area contributed by atoms with Crippen LogP contribution in [0.1, 0.15) is 13.8 Å². The Morgan fingerprint density at radius 3 is 2.32 bits per heavy atom. The van der Waals surface area contributed by atoms with Gasteiger partial charge in [-0.3, -0.25) is 0 Å². The molecule has 3 unspecified atom stereocenters. The highest BCUT2D eigenvalue weighted by Crippen LogP contribution is 2.53. The van der Waals surface area contributed by atoms with Crippen LogP contribution in [0.25, 0.3) is 0 Å². The minimum absolute atomic E-state index is 0.0603. The summed E-state index contributed by atoms with van der Waals surface area (Å²) in [4.78, 5) is 11.2. The largest absolute Gasteiger partial charge is 0.462 e. The molecule has 0 aromatic rings. The van der Waals surface area contributed by atoms with E-state index in [1.807, 2.05) is 0 Å². The second kappa shape index (κ2) is 5.43. The lowest BCUT2D eigenvalue weighted by Gasteiger charge is -2.50. The molecule has 128 valence electrons. The molecule has 0 saturated carbocycles. The topological polar surface area (TPSA) is 76.0 Å². The molecule has 22 heavy (non-hydrogen) atoms. The summed E-state index contributed by atoms with van der Waals surface area (Å²) in [6, 6.07) is 0. The first-order valence-corrected chi connectivity index (χ1v) is 6.04. The van der Waals surface area contributed by atoms with E-state index in [2.05, 4.69) is 16.1 Å². The van der Waals surface area contributed by atoms with Gasteiger partial charge in [-0.05, 0) is 13.8 Å². The van der Waals surface area contributed by atoms with E-state index in [0.717, 1.165) is 0 Å². The number of esters is 1. The first-order chi connectivity index (χ1) is 9.68. The van der Waals surface area contributed by atoms with Crippen LogP contribution in [0.4, 0.5) is 22.0 Å². The number of ether oxygens (including phenoxy) is 2. The van der Waals surface area contributed by atoms with Crippen molar-refractivity contribution in [2.45, 2.75) is 37.3 Å². The van der Waals surface area contributed by atoms with Crippen molar-refractivity contribution in [2.24, 2.45) is 5.92 Å². The molecule has 0 bridgehead atoms. The van der Waals surface area contributed by atoms with Gasteiger partial charge >= 0.3 is 23.9 Å². The molecule has 1 aliphatic heterocycles. The van der Waals surface area contributed by atoms with Crippen LogP contribution in [0.15, 0.2) is 12.2 Å². The van der Waals surface area contributed by atoms with Crippen molar-refractivity contribution in [3.63, 3.8) is 0 Å². The molecule has 0 amide bonds. The quantitative estimate of drug-likeness (QED) is 0.463. The molecule has 0 spiro atoms. The van der Waals surface area contributed by atoms with Crippen molar-refractivity contribution < 1.29 is 46.4 Å². The van der Waals surface area contributed by atoms with Crippen molar-refractivity contribution in [3.05, 3.63) is 12.2 Å². The van der Waals surface area contributed by atoms with Crippen LogP contribution in [0, 0.1) is 5.92 Å². The summed E-state index contributed by atoms with van der Waals surface area (Å²) in [7, 11) is 0. The SMILES string of the molecule is C=C(C)C(=O)OCC1COC(O)(C(F)(F)F)C(F)(F)C1(C)O. The number of aliphatic hydroxyl groups is 2. The van der Waals surface area contributed by atoms with E-state index in [1.54, 1.807) is 0 Å². The van der Waals surface area contributed by atoms with Gasteiger partial charge in [-0.1, -0.05) is 6.58 Å². The first kappa shape index (κ1) is 18.8. The van der Waals surface area contributed by atoms with Crippen molar-refractivity contribution in [1.82, 2.24) is 0 Å². The summed E-state index contributed by atoms with van der Waals surface area (Å²) in [5, 5.41) is 19.0. The van der Waals surface area contributed by atoms with Crippen LogP contribution in [0.5, 0.6) is 0 Å². The van der Waals surface area contributed by atoms with Crippen molar-refractivity contribution >= 4 is 5.97 Å². The predicted molar refractivity (Wildman–Crippen MR) is 61.8 cm³/mol. The summed E-state index contributed by atoms with van der Waals surface area (Å²) in [6.45, 7) is 2.99. The van der Waals surface area contributed by atoms with Crippen LogP contribution < -0.4 is 0 Å². The van der Waals surface area contributed by atoms with Gasteiger partial charge in [-0.2, -0.15) is 22.0 Å². The van der Waals surface area contributed by atoms with Crippen molar-refractivity contribution in [1.29, 1.82) is 0 Å². The molecule has 1 fully saturated rings. The van der Waals surface area contributed by atoms with Gasteiger partial charge in [0.15, 0.2) is 0 Å². The zero-order valence-corrected chi connectivity index (χ0v) is 11.7. The Hall–Kier alpha value is -1.26. The van der Waals surface area contributed by atoms with Gasteiger partial charge in [0, 0.05) is 5.57 Å². The summed E-state index contributed by atoms with van der Waals surface area (Å²) in [5.41, 5.74) is -3.39. The van der Waals surface area contributed by atoms with Gasteiger partial charge in [0.25, 0.3) is 0 Å². The molecule has 1 heterocycles. The first-order valence-electron chi connectivity index (χ1n) is 6.04. The maximum atomic E-state index is 14.0. The molecule has 2 N–H and O–H groups in total. The Labute approximate surface area is 122 Å². The monoisotopic (exact) mass is 334 g/mol. The number of halogens is 5. The third-order valence-corrected chi connectivity index (χ3v) is 3.50. The smallest absolute Gasteiger partial charge is 0.449 e. The Bertz CT molecular complexity index is 473. The molecule has 1 rings (SSSR count). The predicted octanol–water partition coefficient (Wildman–Crippen LogP) is 1.39. The highest BCUT2D eigenvalue weighted by Gasteiger charge is 2.80. The number of hydrogen-bond acceptors (Lipinski definition) is 5. The number of carbonyl (C=O) groups is 1. The lowest BCUT2D eigenvalue weighted by molar-refractivity contribution is -0.479. The van der Waals surface area contributed by atoms with Crippen molar-refractivity contribution in [2.75, 3.05) is 13.2 Å². The summed E-state index contributed by atoms with van der Waals surface area (Å²) in [6.07, 6.45) is -5.83. The number of alkyl halides is 5. The average molecular weight is 334 g/mol. The molecule has 0 aromatic heterocycles. The van der Waals surface area contributed by atoms with Gasteiger partial charge < -0.3 is 19.7 Å². The third-order valence-electron chi connectivity index (χ3n) is 3.50. The van der Waals surface area contributed by atoms with Gasteiger partial charge in [0.1, 0.15) is 5.60 Å². The molecule has 1 aliphatic rings. The molecule has 0 aromatic carbocycles. The molecule has 0 aliphatic carbocycles. The Morgan fingerprint density at radius 1 is 1.41 bits per heavy atom. The Morgan fingerprint density at radius 2 is 1.91 bits per heavy atom. The number of rotatable bonds is 3. The molecular formula is C12H15F5O5. The molecule has 3 atom stereocenters. The zero-order chi connectivity index (χ0) is 17.6. The minimum Gasteiger partial charge on any atom is -0.462 e. The molecule has 5 nitrogen and oxygen atoms in total. The summed E-state index contributed by atoms with van der Waals surface area (Å²) >= 11 is 0. The maximum absolute atomic E-state index is 14.0. The zero-order valence-electron chi connectivity index (χ0n) is 11.7. The fourth-order valence-electron chi connectivity index (χ4n) is 1.84. The summed E-state index contributed by atoms with van der Waals surface area (Å²) < 4.78 is 74.3.